The molecule has 0 bridgehead atoms. The van der Waals surface area contributed by atoms with E-state index in [1.807, 2.05) is 0 Å². The number of anilines is 1. The molecule has 0 spiro atoms. The van der Waals surface area contributed by atoms with Gasteiger partial charge in [-0.05, 0) is 47.7 Å². The van der Waals surface area contributed by atoms with Gasteiger partial charge in [-0.15, -0.1) is 0 Å². The summed E-state index contributed by atoms with van der Waals surface area (Å²) in [5.74, 6) is -0.816. The second kappa shape index (κ2) is 11.7. The number of aromatic nitrogens is 3. The van der Waals surface area contributed by atoms with Crippen molar-refractivity contribution in [2.75, 3.05) is 24.7 Å². The van der Waals surface area contributed by atoms with Crippen molar-refractivity contribution in [3.05, 3.63) is 82.0 Å². The summed E-state index contributed by atoms with van der Waals surface area (Å²) in [4.78, 5) is 21.2. The minimum absolute atomic E-state index is 0.120. The molecular formula is C27H27F3N6O5S2. The maximum absolute atomic E-state index is 14.0. The predicted molar refractivity (Wildman–Crippen MR) is 154 cm³/mol. The van der Waals surface area contributed by atoms with Gasteiger partial charge < -0.3 is 5.32 Å². The van der Waals surface area contributed by atoms with E-state index in [-0.39, 0.29) is 29.6 Å². The van der Waals surface area contributed by atoms with Crippen molar-refractivity contribution in [1.82, 2.24) is 18.8 Å². The first kappa shape index (κ1) is 30.6. The molecule has 4 aromatic rings. The fourth-order valence-corrected chi connectivity index (χ4v) is 6.46. The summed E-state index contributed by atoms with van der Waals surface area (Å²) in [5, 5.41) is 8.48. The summed E-state index contributed by atoms with van der Waals surface area (Å²) in [6, 6.07) is 10.9. The van der Waals surface area contributed by atoms with E-state index in [0.717, 1.165) is 29.0 Å². The van der Waals surface area contributed by atoms with Gasteiger partial charge >= 0.3 is 0 Å². The molecular weight excluding hydrogens is 609 g/mol. The molecule has 0 aliphatic carbocycles. The second-order valence-corrected chi connectivity index (χ2v) is 13.7. The van der Waals surface area contributed by atoms with Gasteiger partial charge in [-0.25, -0.2) is 44.4 Å². The van der Waals surface area contributed by atoms with Crippen molar-refractivity contribution in [3.63, 3.8) is 0 Å². The van der Waals surface area contributed by atoms with Crippen LogP contribution in [0.15, 0.2) is 64.4 Å². The normalized spacial score (nSPS) is 15.3. The Balaban J connectivity index is 1.45. The Labute approximate surface area is 245 Å². The van der Waals surface area contributed by atoms with Crippen LogP contribution < -0.4 is 16.0 Å². The smallest absolute Gasteiger partial charge is 0.269 e. The van der Waals surface area contributed by atoms with E-state index >= 15 is 0 Å². The number of nitrogens with one attached hydrogen (secondary N) is 1. The molecule has 1 fully saturated rings. The maximum Gasteiger partial charge on any atom is 0.269 e. The van der Waals surface area contributed by atoms with Gasteiger partial charge in [0.05, 0.1) is 18.4 Å². The first-order valence-corrected chi connectivity index (χ1v) is 16.4. The van der Waals surface area contributed by atoms with Crippen molar-refractivity contribution in [2.24, 2.45) is 5.14 Å². The topological polar surface area (TPSA) is 157 Å². The number of alkyl halides is 2. The fraction of sp³-hybridized carbons (Fsp3) is 0.296. The lowest BCUT2D eigenvalue weighted by molar-refractivity contribution is 0.149. The number of hydrogen-bond donors (Lipinski definition) is 2. The first-order valence-electron chi connectivity index (χ1n) is 13.0. The van der Waals surface area contributed by atoms with Crippen molar-refractivity contribution in [1.29, 1.82) is 0 Å². The Kier molecular flexibility index (Phi) is 8.30. The molecule has 1 saturated heterocycles. The summed E-state index contributed by atoms with van der Waals surface area (Å²) in [5.41, 5.74) is -0.0417. The maximum atomic E-state index is 14.0. The van der Waals surface area contributed by atoms with E-state index in [1.165, 1.54) is 16.6 Å². The quantitative estimate of drug-likeness (QED) is 0.299. The number of benzene rings is 2. The zero-order valence-corrected chi connectivity index (χ0v) is 24.4. The molecule has 2 aromatic carbocycles. The number of primary sulfonamides is 1. The van der Waals surface area contributed by atoms with Gasteiger partial charge in [0.15, 0.2) is 0 Å². The highest BCUT2D eigenvalue weighted by Crippen LogP contribution is 2.26. The van der Waals surface area contributed by atoms with Crippen molar-refractivity contribution >= 4 is 37.0 Å². The predicted octanol–water partition coefficient (Wildman–Crippen LogP) is 3.07. The highest BCUT2D eigenvalue weighted by atomic mass is 32.2. The van der Waals surface area contributed by atoms with Gasteiger partial charge in [-0.1, -0.05) is 30.3 Å². The third kappa shape index (κ3) is 6.71. The Morgan fingerprint density at radius 1 is 1.02 bits per heavy atom. The molecule has 1 aliphatic rings. The lowest BCUT2D eigenvalue weighted by Gasteiger charge is -2.30. The van der Waals surface area contributed by atoms with E-state index in [0.29, 0.717) is 42.6 Å². The lowest BCUT2D eigenvalue weighted by Crippen LogP contribution is -2.42. The van der Waals surface area contributed by atoms with Gasteiger partial charge in [0.1, 0.15) is 16.4 Å². The molecule has 0 amide bonds. The Morgan fingerprint density at radius 2 is 1.67 bits per heavy atom. The van der Waals surface area contributed by atoms with E-state index in [4.69, 9.17) is 5.14 Å². The molecule has 3 heterocycles. The first-order chi connectivity index (χ1) is 20.2. The molecule has 0 saturated carbocycles. The lowest BCUT2D eigenvalue weighted by atomic mass is 10.0. The van der Waals surface area contributed by atoms with Gasteiger partial charge in [0.25, 0.3) is 12.0 Å². The Bertz CT molecular complexity index is 1960. The molecule has 43 heavy (non-hydrogen) atoms. The Morgan fingerprint density at radius 3 is 2.28 bits per heavy atom. The van der Waals surface area contributed by atoms with Crippen LogP contribution in [0, 0.1) is 5.82 Å². The number of halogens is 3. The number of nitrogens with two attached hydrogens (primary N) is 1. The molecule has 11 nitrogen and oxygen atoms in total. The van der Waals surface area contributed by atoms with Crippen molar-refractivity contribution < 1.29 is 30.0 Å². The van der Waals surface area contributed by atoms with Crippen LogP contribution in [0.25, 0.3) is 22.2 Å². The molecule has 2 aromatic heterocycles. The number of sulfonamides is 2. The zero-order chi connectivity index (χ0) is 31.1. The fourth-order valence-electron chi connectivity index (χ4n) is 4.95. The molecule has 0 radical (unpaired) electrons. The van der Waals surface area contributed by atoms with Crippen LogP contribution in [0.4, 0.5) is 19.1 Å². The average molecular weight is 637 g/mol. The monoisotopic (exact) mass is 636 g/mol. The number of hydrogen-bond acceptors (Lipinski definition) is 8. The van der Waals surface area contributed by atoms with Gasteiger partial charge in [-0.3, -0.25) is 9.36 Å². The van der Waals surface area contributed by atoms with Crippen LogP contribution in [0.1, 0.15) is 30.4 Å². The number of nitrogens with zero attached hydrogens (tertiary/aromatic N) is 4. The SMILES string of the molecule is CS(=O)(=O)N1CCC(Nc2ncc3cc(C(F)F)c(=O)n(Cc4ccc(-c5ccc(F)c(S(N)(=O)=O)c5)cc4)c3n2)CC1. The number of fused-ring (bicyclic) bond motifs is 1. The average Bonchev–Trinajstić information content (AvgIpc) is 2.94. The largest absolute Gasteiger partial charge is 0.351 e. The van der Waals surface area contributed by atoms with Crippen LogP contribution in [0.2, 0.25) is 0 Å². The summed E-state index contributed by atoms with van der Waals surface area (Å²) in [6.07, 6.45) is 0.476. The minimum atomic E-state index is -4.29. The molecule has 0 unspecified atom stereocenters. The van der Waals surface area contributed by atoms with Crippen LogP contribution >= 0.6 is 0 Å². The van der Waals surface area contributed by atoms with Gasteiger partial charge in [0, 0.05) is 30.7 Å². The third-order valence-electron chi connectivity index (χ3n) is 7.21. The molecule has 3 N–H and O–H groups in total. The molecule has 1 aliphatic heterocycles. The van der Waals surface area contributed by atoms with E-state index in [1.54, 1.807) is 24.3 Å². The summed E-state index contributed by atoms with van der Waals surface area (Å²) >= 11 is 0. The summed E-state index contributed by atoms with van der Waals surface area (Å²) in [7, 11) is -7.59. The highest BCUT2D eigenvalue weighted by Gasteiger charge is 2.26. The highest BCUT2D eigenvalue weighted by molar-refractivity contribution is 7.89. The van der Waals surface area contributed by atoms with Gasteiger partial charge in [0.2, 0.25) is 26.0 Å². The molecule has 228 valence electrons. The molecule has 0 atom stereocenters. The van der Waals surface area contributed by atoms with Crippen molar-refractivity contribution in [2.45, 2.75) is 36.7 Å². The van der Waals surface area contributed by atoms with E-state index < -0.39 is 48.3 Å². The van der Waals surface area contributed by atoms with Gasteiger partial charge in [-0.2, -0.15) is 4.98 Å². The minimum Gasteiger partial charge on any atom is -0.351 e. The second-order valence-electron chi connectivity index (χ2n) is 10.2. The van der Waals surface area contributed by atoms with E-state index in [9.17, 15) is 34.8 Å². The Hall–Kier alpha value is -3.86. The van der Waals surface area contributed by atoms with Crippen LogP contribution in [-0.4, -0.2) is 61.1 Å². The van der Waals surface area contributed by atoms with E-state index in [2.05, 4.69) is 15.3 Å². The van der Waals surface area contributed by atoms with Crippen LogP contribution in [0.3, 0.4) is 0 Å². The number of piperidine rings is 1. The molecule has 5 rings (SSSR count). The summed E-state index contributed by atoms with van der Waals surface area (Å²) < 4.78 is 91.0. The van der Waals surface area contributed by atoms with Crippen LogP contribution in [-0.2, 0) is 26.6 Å². The standard InChI is InChI=1S/C27H27F3N6O5S2/c1-42(38,39)35-10-8-20(9-11-35)33-27-32-14-19-12-21(24(29)30)26(37)36(25(19)34-27)15-16-2-4-17(5-3-16)18-6-7-22(28)23(13-18)43(31,40)41/h2-7,12-14,20,24H,8-11,15H2,1H3,(H2,31,40,41)(H,32,33,34). The zero-order valence-electron chi connectivity index (χ0n) is 22.7. The number of pyridine rings is 1. The third-order valence-corrected chi connectivity index (χ3v) is 9.44. The van der Waals surface area contributed by atoms with Crippen LogP contribution in [0.5, 0.6) is 0 Å². The number of rotatable bonds is 8. The molecule has 16 heteroatoms. The van der Waals surface area contributed by atoms with Crippen molar-refractivity contribution in [3.8, 4) is 11.1 Å². The summed E-state index contributed by atoms with van der Waals surface area (Å²) in [6.45, 7) is 0.527.